The van der Waals surface area contributed by atoms with Gasteiger partial charge in [-0.15, -0.1) is 0 Å². The summed E-state index contributed by atoms with van der Waals surface area (Å²) in [5.74, 6) is 1.50. The summed E-state index contributed by atoms with van der Waals surface area (Å²) in [6.45, 7) is 4.14. The van der Waals surface area contributed by atoms with Gasteiger partial charge in [-0.05, 0) is 37.1 Å². The van der Waals surface area contributed by atoms with Crippen molar-refractivity contribution in [1.29, 1.82) is 0 Å². The largest absolute Gasteiger partial charge is 0.497 e. The lowest BCUT2D eigenvalue weighted by Crippen LogP contribution is -2.40. The Morgan fingerprint density at radius 2 is 1.77 bits per heavy atom. The third-order valence-corrected chi connectivity index (χ3v) is 6.09. The first-order valence-electron chi connectivity index (χ1n) is 11.2. The number of aromatic nitrogens is 4. The zero-order chi connectivity index (χ0) is 22.0. The van der Waals surface area contributed by atoms with E-state index in [1.54, 1.807) is 14.2 Å². The third kappa shape index (κ3) is 3.86. The highest BCUT2D eigenvalue weighted by atomic mass is 16.5. The zero-order valence-electron chi connectivity index (χ0n) is 18.6. The van der Waals surface area contributed by atoms with Crippen molar-refractivity contribution in [3.05, 3.63) is 45.1 Å². The minimum Gasteiger partial charge on any atom is -0.497 e. The number of methoxy groups -OCH3 is 1. The molecule has 3 aromatic rings. The third-order valence-electron chi connectivity index (χ3n) is 6.09. The van der Waals surface area contributed by atoms with Crippen molar-refractivity contribution in [3.63, 3.8) is 0 Å². The Balaban J connectivity index is 1.75. The Labute approximate surface area is 181 Å². The summed E-state index contributed by atoms with van der Waals surface area (Å²) in [4.78, 5) is 33.1. The summed E-state index contributed by atoms with van der Waals surface area (Å²) in [5.41, 5.74) is 1.43. The maximum Gasteiger partial charge on any atom is 0.332 e. The summed E-state index contributed by atoms with van der Waals surface area (Å²) < 4.78 is 10.1. The summed E-state index contributed by atoms with van der Waals surface area (Å²) >= 11 is 0. The summed E-state index contributed by atoms with van der Waals surface area (Å²) in [6, 6.07) is 7.80. The van der Waals surface area contributed by atoms with Gasteiger partial charge in [0.25, 0.3) is 5.56 Å². The van der Waals surface area contributed by atoms with E-state index in [4.69, 9.17) is 9.72 Å². The molecule has 0 saturated heterocycles. The molecule has 31 heavy (non-hydrogen) atoms. The Morgan fingerprint density at radius 3 is 2.48 bits per heavy atom. The van der Waals surface area contributed by atoms with Crippen molar-refractivity contribution in [2.24, 2.45) is 7.05 Å². The highest BCUT2D eigenvalue weighted by molar-refractivity contribution is 5.77. The molecule has 166 valence electrons. The van der Waals surface area contributed by atoms with Crippen molar-refractivity contribution >= 4 is 22.8 Å². The number of aryl methyl sites for hydroxylation is 2. The second-order valence-electron chi connectivity index (χ2n) is 8.15. The molecule has 4 rings (SSSR count). The van der Waals surface area contributed by atoms with Gasteiger partial charge in [0.05, 0.1) is 7.11 Å². The Morgan fingerprint density at radius 1 is 1.03 bits per heavy atom. The van der Waals surface area contributed by atoms with E-state index in [1.165, 1.54) is 22.0 Å². The molecule has 0 bridgehead atoms. The van der Waals surface area contributed by atoms with Gasteiger partial charge in [-0.1, -0.05) is 32.6 Å². The topological polar surface area (TPSA) is 74.3 Å². The lowest BCUT2D eigenvalue weighted by molar-refractivity contribution is 0.415. The monoisotopic (exact) mass is 425 g/mol. The van der Waals surface area contributed by atoms with Crippen LogP contribution in [-0.2, 0) is 20.1 Å². The Hall–Kier alpha value is -3.03. The lowest BCUT2D eigenvalue weighted by atomic mass is 10.1. The highest BCUT2D eigenvalue weighted by Crippen LogP contribution is 2.31. The van der Waals surface area contributed by atoms with Crippen LogP contribution in [0.25, 0.3) is 11.2 Å². The molecule has 0 aliphatic carbocycles. The quantitative estimate of drug-likeness (QED) is 0.517. The molecule has 0 amide bonds. The first-order chi connectivity index (χ1) is 15.1. The molecule has 0 saturated carbocycles. The lowest BCUT2D eigenvalue weighted by Gasteiger charge is -2.29. The smallest absolute Gasteiger partial charge is 0.332 e. The van der Waals surface area contributed by atoms with Crippen LogP contribution in [-0.4, -0.2) is 32.3 Å². The Bertz CT molecular complexity index is 1170. The van der Waals surface area contributed by atoms with Gasteiger partial charge in [0.2, 0.25) is 5.95 Å². The van der Waals surface area contributed by atoms with E-state index >= 15 is 0 Å². The van der Waals surface area contributed by atoms with E-state index < -0.39 is 0 Å². The van der Waals surface area contributed by atoms with Crippen molar-refractivity contribution in [2.75, 3.05) is 18.6 Å². The fraction of sp³-hybridized carbons (Fsp3) is 0.522. The molecule has 0 fully saturated rings. The molecular weight excluding hydrogens is 394 g/mol. The van der Waals surface area contributed by atoms with E-state index in [9.17, 15) is 9.59 Å². The summed E-state index contributed by atoms with van der Waals surface area (Å²) in [6.07, 6.45) is 6.23. The minimum absolute atomic E-state index is 0.232. The van der Waals surface area contributed by atoms with Crippen molar-refractivity contribution in [1.82, 2.24) is 18.7 Å². The summed E-state index contributed by atoms with van der Waals surface area (Å²) in [7, 11) is 3.35. The van der Waals surface area contributed by atoms with Crippen LogP contribution < -0.4 is 20.9 Å². The van der Waals surface area contributed by atoms with Crippen LogP contribution in [0.1, 0.15) is 45.4 Å². The number of unbranched alkanes of at least 4 members (excludes halogenated alkanes) is 4. The number of benzene rings is 1. The normalized spacial score (nSPS) is 13.6. The molecule has 8 heteroatoms. The fourth-order valence-electron chi connectivity index (χ4n) is 4.34. The van der Waals surface area contributed by atoms with Crippen molar-refractivity contribution in [3.8, 4) is 5.75 Å². The van der Waals surface area contributed by atoms with Gasteiger partial charge in [-0.25, -0.2) is 4.79 Å². The predicted octanol–water partition coefficient (Wildman–Crippen LogP) is 3.42. The maximum absolute atomic E-state index is 13.3. The number of hydrogen-bond acceptors (Lipinski definition) is 5. The van der Waals surface area contributed by atoms with Gasteiger partial charge >= 0.3 is 5.69 Å². The number of nitrogens with zero attached hydrogens (tertiary/aromatic N) is 5. The van der Waals surface area contributed by atoms with E-state index in [2.05, 4.69) is 11.8 Å². The molecular formula is C23H31N5O3. The fourth-order valence-corrected chi connectivity index (χ4v) is 4.34. The molecule has 0 radical (unpaired) electrons. The molecule has 0 atom stereocenters. The molecule has 3 heterocycles. The number of fused-ring (bicyclic) bond motifs is 3. The molecule has 1 aliphatic heterocycles. The van der Waals surface area contributed by atoms with Crippen LogP contribution in [0, 0.1) is 0 Å². The van der Waals surface area contributed by atoms with Crippen molar-refractivity contribution in [2.45, 2.75) is 58.5 Å². The molecule has 8 nitrogen and oxygen atoms in total. The SMILES string of the molecule is CCCCCCCn1c(=O)c2c(nc3n2CCCN3c2ccc(OC)cc2)n(C)c1=O. The molecule has 1 aliphatic rings. The standard InChI is InChI=1S/C23H31N5O3/c1-4-5-6-7-8-14-28-21(29)19-20(25(2)23(28)30)24-22-26(15-9-16-27(19)22)17-10-12-18(31-3)13-11-17/h10-13H,4-9,14-16H2,1-3H3. The molecule has 0 unspecified atom stereocenters. The van der Waals surface area contributed by atoms with Gasteiger partial charge in [0.1, 0.15) is 5.75 Å². The highest BCUT2D eigenvalue weighted by Gasteiger charge is 2.26. The minimum atomic E-state index is -0.292. The molecule has 2 aromatic heterocycles. The predicted molar refractivity (Wildman–Crippen MR) is 123 cm³/mol. The number of imidazole rings is 1. The van der Waals surface area contributed by atoms with E-state index in [0.717, 1.165) is 43.7 Å². The van der Waals surface area contributed by atoms with Crippen LogP contribution in [0.4, 0.5) is 11.6 Å². The van der Waals surface area contributed by atoms with E-state index in [0.29, 0.717) is 30.2 Å². The van der Waals surface area contributed by atoms with E-state index in [1.807, 2.05) is 28.8 Å². The Kier molecular flexibility index (Phi) is 6.15. The van der Waals surface area contributed by atoms with Crippen LogP contribution in [0.3, 0.4) is 0 Å². The van der Waals surface area contributed by atoms with Crippen LogP contribution >= 0.6 is 0 Å². The molecule has 0 spiro atoms. The first-order valence-corrected chi connectivity index (χ1v) is 11.2. The molecule has 0 N–H and O–H groups in total. The zero-order valence-corrected chi connectivity index (χ0v) is 18.6. The average molecular weight is 426 g/mol. The first kappa shape index (κ1) is 21.2. The van der Waals surface area contributed by atoms with Gasteiger partial charge < -0.3 is 14.2 Å². The second kappa shape index (κ2) is 8.99. The maximum atomic E-state index is 13.3. The van der Waals surface area contributed by atoms with Crippen LogP contribution in [0.2, 0.25) is 0 Å². The number of hydrogen-bond donors (Lipinski definition) is 0. The number of anilines is 2. The van der Waals surface area contributed by atoms with Gasteiger partial charge in [0, 0.05) is 32.4 Å². The summed E-state index contributed by atoms with van der Waals surface area (Å²) in [5, 5.41) is 0. The second-order valence-corrected chi connectivity index (χ2v) is 8.15. The van der Waals surface area contributed by atoms with Crippen LogP contribution in [0.5, 0.6) is 5.75 Å². The van der Waals surface area contributed by atoms with Crippen molar-refractivity contribution < 1.29 is 4.74 Å². The van der Waals surface area contributed by atoms with E-state index in [-0.39, 0.29) is 11.2 Å². The van der Waals surface area contributed by atoms with Gasteiger partial charge in [0.15, 0.2) is 11.2 Å². The van der Waals surface area contributed by atoms with Gasteiger partial charge in [-0.3, -0.25) is 13.9 Å². The van der Waals surface area contributed by atoms with Crippen LogP contribution in [0.15, 0.2) is 33.9 Å². The average Bonchev–Trinajstić information content (AvgIpc) is 3.19. The number of ether oxygens (including phenoxy) is 1. The molecule has 1 aromatic carbocycles. The van der Waals surface area contributed by atoms with Gasteiger partial charge in [-0.2, -0.15) is 4.98 Å². The number of rotatable bonds is 8.